The third kappa shape index (κ3) is 3.27. The van der Waals surface area contributed by atoms with Crippen molar-refractivity contribution in [3.8, 4) is 5.69 Å². The Balaban J connectivity index is 0.00000169. The van der Waals surface area contributed by atoms with Crippen molar-refractivity contribution in [2.24, 2.45) is 0 Å². The molecule has 2 aliphatic rings. The number of nitrogens with one attached hydrogen (secondary N) is 1. The molecule has 2 saturated heterocycles. The Morgan fingerprint density at radius 2 is 1.92 bits per heavy atom. The third-order valence-electron chi connectivity index (χ3n) is 4.58. The number of nitrogens with zero attached hydrogens (tertiary/aromatic N) is 4. The van der Waals surface area contributed by atoms with Crippen LogP contribution in [0.25, 0.3) is 5.69 Å². The molecule has 2 fully saturated rings. The number of hydrogen-bond acceptors (Lipinski definition) is 4. The fourth-order valence-corrected chi connectivity index (χ4v) is 3.35. The second kappa shape index (κ2) is 6.86. The van der Waals surface area contributed by atoms with Gasteiger partial charge in [-0.05, 0) is 43.5 Å². The van der Waals surface area contributed by atoms with Crippen LogP contribution in [0.1, 0.15) is 29.8 Å². The highest BCUT2D eigenvalue weighted by Crippen LogP contribution is 2.21. The van der Waals surface area contributed by atoms with Crippen molar-refractivity contribution in [2.45, 2.75) is 31.3 Å². The highest BCUT2D eigenvalue weighted by Gasteiger charge is 2.32. The van der Waals surface area contributed by atoms with Gasteiger partial charge in [-0.25, -0.2) is 4.39 Å². The molecule has 24 heavy (non-hydrogen) atoms. The predicted octanol–water partition coefficient (Wildman–Crippen LogP) is 1.79. The van der Waals surface area contributed by atoms with Crippen LogP contribution in [-0.4, -0.2) is 51.0 Å². The summed E-state index contributed by atoms with van der Waals surface area (Å²) in [6.45, 7) is 1.47. The molecule has 0 aliphatic carbocycles. The van der Waals surface area contributed by atoms with E-state index in [0.29, 0.717) is 23.5 Å². The van der Waals surface area contributed by atoms with Crippen molar-refractivity contribution in [1.82, 2.24) is 25.2 Å². The maximum atomic E-state index is 13.0. The van der Waals surface area contributed by atoms with E-state index in [1.54, 1.807) is 12.1 Å². The van der Waals surface area contributed by atoms with Crippen molar-refractivity contribution in [3.63, 3.8) is 0 Å². The molecule has 2 aromatic rings. The van der Waals surface area contributed by atoms with Crippen molar-refractivity contribution >= 4 is 18.3 Å². The lowest BCUT2D eigenvalue weighted by Crippen LogP contribution is -2.39. The summed E-state index contributed by atoms with van der Waals surface area (Å²) >= 11 is 0. The number of rotatable bonds is 2. The molecule has 0 saturated carbocycles. The first-order valence-electron chi connectivity index (χ1n) is 7.92. The SMILES string of the molecule is Cl.O=C(c1cnn(-c2ccc(F)cc2)n1)N1CCC2CCC(C1)N2. The number of hydrogen-bond donors (Lipinski definition) is 1. The summed E-state index contributed by atoms with van der Waals surface area (Å²) in [4.78, 5) is 15.9. The van der Waals surface area contributed by atoms with Gasteiger partial charge in [-0.3, -0.25) is 4.79 Å². The Labute approximate surface area is 145 Å². The van der Waals surface area contributed by atoms with Crippen molar-refractivity contribution in [1.29, 1.82) is 0 Å². The molecule has 2 unspecified atom stereocenters. The minimum atomic E-state index is -0.315. The minimum Gasteiger partial charge on any atom is -0.336 e. The maximum Gasteiger partial charge on any atom is 0.276 e. The van der Waals surface area contributed by atoms with Gasteiger partial charge < -0.3 is 10.2 Å². The van der Waals surface area contributed by atoms with E-state index < -0.39 is 0 Å². The second-order valence-corrected chi connectivity index (χ2v) is 6.17. The standard InChI is InChI=1S/C16H18FN5O.ClH/c17-11-1-5-14(6-2-11)22-18-9-15(20-22)16(23)21-8-7-12-3-4-13(10-21)19-12;/h1-2,5-6,9,12-13,19H,3-4,7-8,10H2;1H. The summed E-state index contributed by atoms with van der Waals surface area (Å²) < 4.78 is 13.0. The lowest BCUT2D eigenvalue weighted by atomic mass is 10.1. The number of benzene rings is 1. The number of halogens is 2. The van der Waals surface area contributed by atoms with Gasteiger partial charge in [0.1, 0.15) is 5.82 Å². The van der Waals surface area contributed by atoms with Gasteiger partial charge in [0.05, 0.1) is 11.9 Å². The van der Waals surface area contributed by atoms with Gasteiger partial charge in [-0.1, -0.05) is 0 Å². The predicted molar refractivity (Wildman–Crippen MR) is 89.0 cm³/mol. The quantitative estimate of drug-likeness (QED) is 0.896. The molecule has 2 aliphatic heterocycles. The van der Waals surface area contributed by atoms with Crippen LogP contribution >= 0.6 is 12.4 Å². The number of likely N-dealkylation sites (tertiary alicyclic amines) is 1. The van der Waals surface area contributed by atoms with Crippen LogP contribution in [0.5, 0.6) is 0 Å². The first kappa shape index (κ1) is 16.9. The third-order valence-corrected chi connectivity index (χ3v) is 4.58. The Hall–Kier alpha value is -1.99. The van der Waals surface area contributed by atoms with E-state index in [-0.39, 0.29) is 24.1 Å². The van der Waals surface area contributed by atoms with Crippen molar-refractivity contribution in [3.05, 3.63) is 42.0 Å². The number of aromatic nitrogens is 3. The van der Waals surface area contributed by atoms with Gasteiger partial charge >= 0.3 is 0 Å². The molecule has 6 nitrogen and oxygen atoms in total. The zero-order valence-corrected chi connectivity index (χ0v) is 13.9. The molecule has 3 heterocycles. The summed E-state index contributed by atoms with van der Waals surface area (Å²) in [5.74, 6) is -0.406. The Morgan fingerprint density at radius 1 is 1.17 bits per heavy atom. The smallest absolute Gasteiger partial charge is 0.276 e. The normalized spacial score (nSPS) is 22.8. The lowest BCUT2D eigenvalue weighted by molar-refractivity contribution is 0.0741. The van der Waals surface area contributed by atoms with E-state index in [9.17, 15) is 9.18 Å². The summed E-state index contributed by atoms with van der Waals surface area (Å²) in [7, 11) is 0. The van der Waals surface area contributed by atoms with Gasteiger partial charge in [0, 0.05) is 25.2 Å². The molecule has 4 rings (SSSR count). The molecule has 2 atom stereocenters. The van der Waals surface area contributed by atoms with E-state index in [0.717, 1.165) is 25.9 Å². The minimum absolute atomic E-state index is 0. The molecule has 128 valence electrons. The Bertz CT molecular complexity index is 720. The van der Waals surface area contributed by atoms with Crippen LogP contribution in [0.2, 0.25) is 0 Å². The fraction of sp³-hybridized carbons (Fsp3) is 0.438. The van der Waals surface area contributed by atoms with Crippen molar-refractivity contribution in [2.75, 3.05) is 13.1 Å². The first-order chi connectivity index (χ1) is 11.2. The van der Waals surface area contributed by atoms with Crippen LogP contribution < -0.4 is 5.32 Å². The van der Waals surface area contributed by atoms with Gasteiger partial charge in [-0.2, -0.15) is 9.90 Å². The maximum absolute atomic E-state index is 13.0. The van der Waals surface area contributed by atoms with E-state index in [4.69, 9.17) is 0 Å². The molecule has 1 aromatic heterocycles. The summed E-state index contributed by atoms with van der Waals surface area (Å²) in [6.07, 6.45) is 4.78. The molecule has 1 aromatic carbocycles. The molecule has 8 heteroatoms. The fourth-order valence-electron chi connectivity index (χ4n) is 3.35. The van der Waals surface area contributed by atoms with E-state index in [1.807, 2.05) is 4.90 Å². The first-order valence-corrected chi connectivity index (χ1v) is 7.92. The summed E-state index contributed by atoms with van der Waals surface area (Å²) in [5, 5.41) is 11.9. The number of fused-ring (bicyclic) bond motifs is 2. The number of amides is 1. The highest BCUT2D eigenvalue weighted by atomic mass is 35.5. The van der Waals surface area contributed by atoms with Gasteiger partial charge in [0.2, 0.25) is 0 Å². The molecular formula is C16H19ClFN5O. The van der Waals surface area contributed by atoms with Crippen LogP contribution in [-0.2, 0) is 0 Å². The largest absolute Gasteiger partial charge is 0.336 e. The molecule has 1 N–H and O–H groups in total. The molecular weight excluding hydrogens is 333 g/mol. The zero-order valence-electron chi connectivity index (χ0n) is 13.1. The monoisotopic (exact) mass is 351 g/mol. The number of carbonyl (C=O) groups excluding carboxylic acids is 1. The van der Waals surface area contributed by atoms with Gasteiger partial charge in [0.15, 0.2) is 5.69 Å². The highest BCUT2D eigenvalue weighted by molar-refractivity contribution is 5.92. The Morgan fingerprint density at radius 3 is 2.71 bits per heavy atom. The second-order valence-electron chi connectivity index (χ2n) is 6.17. The van der Waals surface area contributed by atoms with Crippen molar-refractivity contribution < 1.29 is 9.18 Å². The summed E-state index contributed by atoms with van der Waals surface area (Å²) in [6, 6.07) is 6.78. The van der Waals surface area contributed by atoms with E-state index in [2.05, 4.69) is 15.5 Å². The van der Waals surface area contributed by atoms with Crippen LogP contribution in [0.3, 0.4) is 0 Å². The topological polar surface area (TPSA) is 63.1 Å². The molecule has 1 amide bonds. The average Bonchev–Trinajstić information content (AvgIpc) is 3.14. The van der Waals surface area contributed by atoms with Crippen LogP contribution in [0, 0.1) is 5.82 Å². The van der Waals surface area contributed by atoms with Crippen LogP contribution in [0.4, 0.5) is 4.39 Å². The Kier molecular flexibility index (Phi) is 4.82. The van der Waals surface area contributed by atoms with E-state index >= 15 is 0 Å². The summed E-state index contributed by atoms with van der Waals surface area (Å²) in [5.41, 5.74) is 0.953. The van der Waals surface area contributed by atoms with Gasteiger partial charge in [-0.15, -0.1) is 17.5 Å². The lowest BCUT2D eigenvalue weighted by Gasteiger charge is -2.23. The van der Waals surface area contributed by atoms with E-state index in [1.165, 1.54) is 29.5 Å². The zero-order chi connectivity index (χ0) is 15.8. The molecule has 2 bridgehead atoms. The average molecular weight is 352 g/mol. The molecule has 0 radical (unpaired) electrons. The van der Waals surface area contributed by atoms with Crippen LogP contribution in [0.15, 0.2) is 30.5 Å². The number of carbonyl (C=O) groups is 1. The van der Waals surface area contributed by atoms with Gasteiger partial charge in [0.25, 0.3) is 5.91 Å². The molecule has 0 spiro atoms.